The predicted octanol–water partition coefficient (Wildman–Crippen LogP) is 2.98. The van der Waals surface area contributed by atoms with Crippen molar-refractivity contribution in [3.63, 3.8) is 0 Å². The molecule has 1 aromatic heterocycles. The lowest BCUT2D eigenvalue weighted by Crippen LogP contribution is -2.35. The lowest BCUT2D eigenvalue weighted by Gasteiger charge is -2.29. The summed E-state index contributed by atoms with van der Waals surface area (Å²) in [6, 6.07) is 1.16. The van der Waals surface area contributed by atoms with Crippen LogP contribution in [0.1, 0.15) is 50.8 Å². The topological polar surface area (TPSA) is 29.9 Å². The van der Waals surface area contributed by atoms with E-state index >= 15 is 0 Å². The lowest BCUT2D eigenvalue weighted by molar-refractivity contribution is 0.329. The molecule has 0 saturated carbocycles. The van der Waals surface area contributed by atoms with Gasteiger partial charge >= 0.3 is 0 Å². The summed E-state index contributed by atoms with van der Waals surface area (Å²) in [4.78, 5) is 4.38. The van der Waals surface area contributed by atoms with Gasteiger partial charge in [-0.1, -0.05) is 0 Å². The molecule has 0 bridgehead atoms. The Kier molecular flexibility index (Phi) is 3.94. The molecule has 1 aromatic rings. The van der Waals surface area contributed by atoms with E-state index in [1.54, 1.807) is 0 Å². The summed E-state index contributed by atoms with van der Waals surface area (Å²) in [6.07, 6.45) is 10.7. The van der Waals surface area contributed by atoms with Crippen LogP contribution in [-0.4, -0.2) is 26.6 Å². The largest absolute Gasteiger partial charge is 0.332 e. The Morgan fingerprint density at radius 3 is 3.11 bits per heavy atom. The van der Waals surface area contributed by atoms with Gasteiger partial charge in [-0.2, -0.15) is 11.8 Å². The standard InChI is InChI=1S/C14H23N3S/c1-11-4-2-6-13(16-11)14-8-15-10-17(14)9-12-5-3-7-18-12/h8,10-13,16H,2-7,9H2,1H3. The molecule has 0 radical (unpaired) electrons. The molecule has 1 N–H and O–H groups in total. The van der Waals surface area contributed by atoms with Crippen LogP contribution in [0.2, 0.25) is 0 Å². The zero-order chi connectivity index (χ0) is 12.4. The molecular weight excluding hydrogens is 242 g/mol. The van der Waals surface area contributed by atoms with E-state index in [0.29, 0.717) is 12.1 Å². The molecule has 2 aliphatic heterocycles. The van der Waals surface area contributed by atoms with Crippen molar-refractivity contribution in [3.05, 3.63) is 18.2 Å². The van der Waals surface area contributed by atoms with Crippen LogP contribution in [0.25, 0.3) is 0 Å². The second-order valence-electron chi connectivity index (χ2n) is 5.66. The number of aromatic nitrogens is 2. The molecule has 2 fully saturated rings. The second kappa shape index (κ2) is 5.66. The Bertz CT molecular complexity index is 384. The molecule has 0 aromatic carbocycles. The van der Waals surface area contributed by atoms with Gasteiger partial charge in [0.15, 0.2) is 0 Å². The van der Waals surface area contributed by atoms with Gasteiger partial charge in [0, 0.05) is 30.1 Å². The van der Waals surface area contributed by atoms with Gasteiger partial charge in [0.05, 0.1) is 12.0 Å². The van der Waals surface area contributed by atoms with Gasteiger partial charge < -0.3 is 9.88 Å². The number of hydrogen-bond acceptors (Lipinski definition) is 3. The van der Waals surface area contributed by atoms with E-state index in [2.05, 4.69) is 39.8 Å². The van der Waals surface area contributed by atoms with E-state index in [9.17, 15) is 0 Å². The van der Waals surface area contributed by atoms with Gasteiger partial charge in [0.2, 0.25) is 0 Å². The molecule has 0 aliphatic carbocycles. The summed E-state index contributed by atoms with van der Waals surface area (Å²) in [7, 11) is 0. The van der Waals surface area contributed by atoms with Gasteiger partial charge in [-0.3, -0.25) is 0 Å². The highest BCUT2D eigenvalue weighted by Gasteiger charge is 2.24. The van der Waals surface area contributed by atoms with Crippen LogP contribution in [-0.2, 0) is 6.54 Å². The Morgan fingerprint density at radius 2 is 2.33 bits per heavy atom. The molecule has 0 spiro atoms. The summed E-state index contributed by atoms with van der Waals surface area (Å²) in [5, 5.41) is 4.52. The van der Waals surface area contributed by atoms with Crippen molar-refractivity contribution >= 4 is 11.8 Å². The van der Waals surface area contributed by atoms with Crippen molar-refractivity contribution in [2.24, 2.45) is 0 Å². The summed E-state index contributed by atoms with van der Waals surface area (Å²) in [5.41, 5.74) is 1.40. The normalized spacial score (nSPS) is 32.8. The van der Waals surface area contributed by atoms with Gasteiger partial charge in [-0.15, -0.1) is 0 Å². The zero-order valence-corrected chi connectivity index (χ0v) is 12.0. The second-order valence-corrected chi connectivity index (χ2v) is 7.07. The Balaban J connectivity index is 1.69. The van der Waals surface area contributed by atoms with E-state index in [-0.39, 0.29) is 0 Å². The minimum Gasteiger partial charge on any atom is -0.332 e. The van der Waals surface area contributed by atoms with Crippen molar-refractivity contribution in [1.82, 2.24) is 14.9 Å². The van der Waals surface area contributed by atoms with Crippen LogP contribution in [0.15, 0.2) is 12.5 Å². The van der Waals surface area contributed by atoms with Crippen LogP contribution in [0.5, 0.6) is 0 Å². The number of thioether (sulfide) groups is 1. The van der Waals surface area contributed by atoms with Gasteiger partial charge in [0.1, 0.15) is 0 Å². The first-order valence-corrected chi connectivity index (χ1v) is 8.25. The highest BCUT2D eigenvalue weighted by molar-refractivity contribution is 8.00. The van der Waals surface area contributed by atoms with Crippen molar-refractivity contribution in [2.75, 3.05) is 5.75 Å². The van der Waals surface area contributed by atoms with E-state index in [1.165, 1.54) is 43.6 Å². The van der Waals surface area contributed by atoms with Crippen molar-refractivity contribution in [1.29, 1.82) is 0 Å². The first-order valence-electron chi connectivity index (χ1n) is 7.20. The molecule has 3 nitrogen and oxygen atoms in total. The molecule has 0 amide bonds. The van der Waals surface area contributed by atoms with Gasteiger partial charge in [-0.25, -0.2) is 4.98 Å². The van der Waals surface area contributed by atoms with E-state index in [4.69, 9.17) is 0 Å². The third-order valence-electron chi connectivity index (χ3n) is 4.14. The fourth-order valence-electron chi connectivity index (χ4n) is 3.15. The summed E-state index contributed by atoms with van der Waals surface area (Å²) >= 11 is 2.13. The predicted molar refractivity (Wildman–Crippen MR) is 76.9 cm³/mol. The highest BCUT2D eigenvalue weighted by atomic mass is 32.2. The van der Waals surface area contributed by atoms with E-state index in [1.807, 2.05) is 6.33 Å². The average Bonchev–Trinajstić information content (AvgIpc) is 3.01. The van der Waals surface area contributed by atoms with Crippen molar-refractivity contribution < 1.29 is 0 Å². The summed E-state index contributed by atoms with van der Waals surface area (Å²) in [5.74, 6) is 1.34. The lowest BCUT2D eigenvalue weighted by atomic mass is 9.97. The third kappa shape index (κ3) is 2.75. The fraction of sp³-hybridized carbons (Fsp3) is 0.786. The number of nitrogens with zero attached hydrogens (tertiary/aromatic N) is 2. The first-order chi connectivity index (χ1) is 8.83. The third-order valence-corrected chi connectivity index (χ3v) is 5.52. The molecule has 2 saturated heterocycles. The molecule has 4 heteroatoms. The minimum atomic E-state index is 0.516. The molecule has 18 heavy (non-hydrogen) atoms. The van der Waals surface area contributed by atoms with E-state index in [0.717, 1.165) is 11.8 Å². The SMILES string of the molecule is CC1CCCC(c2cncn2CC2CCCS2)N1. The van der Waals surface area contributed by atoms with Crippen LogP contribution in [0.4, 0.5) is 0 Å². The molecule has 3 atom stereocenters. The van der Waals surface area contributed by atoms with Gasteiger partial charge in [-0.05, 0) is 44.8 Å². The van der Waals surface area contributed by atoms with Crippen LogP contribution < -0.4 is 5.32 Å². The number of rotatable bonds is 3. The molecular formula is C14H23N3S. The smallest absolute Gasteiger partial charge is 0.0949 e. The monoisotopic (exact) mass is 265 g/mol. The zero-order valence-electron chi connectivity index (χ0n) is 11.1. The molecule has 3 rings (SSSR count). The first kappa shape index (κ1) is 12.5. The Hall–Kier alpha value is -0.480. The number of imidazole rings is 1. The maximum atomic E-state index is 4.38. The summed E-state index contributed by atoms with van der Waals surface area (Å²) in [6.45, 7) is 3.44. The van der Waals surface area contributed by atoms with E-state index < -0.39 is 0 Å². The van der Waals surface area contributed by atoms with Gasteiger partial charge in [0.25, 0.3) is 0 Å². The molecule has 2 aliphatic rings. The van der Waals surface area contributed by atoms with Crippen LogP contribution in [0, 0.1) is 0 Å². The molecule has 100 valence electrons. The molecule has 3 unspecified atom stereocenters. The highest BCUT2D eigenvalue weighted by Crippen LogP contribution is 2.30. The van der Waals surface area contributed by atoms with Crippen LogP contribution in [0.3, 0.4) is 0 Å². The Labute approximate surface area is 114 Å². The number of hydrogen-bond donors (Lipinski definition) is 1. The maximum absolute atomic E-state index is 4.38. The minimum absolute atomic E-state index is 0.516. The van der Waals surface area contributed by atoms with Crippen LogP contribution >= 0.6 is 11.8 Å². The number of nitrogens with one attached hydrogen (secondary N) is 1. The average molecular weight is 265 g/mol. The van der Waals surface area contributed by atoms with Crippen molar-refractivity contribution in [2.45, 2.75) is 62.9 Å². The van der Waals surface area contributed by atoms with Crippen molar-refractivity contribution in [3.8, 4) is 0 Å². The number of piperidine rings is 1. The summed E-state index contributed by atoms with van der Waals surface area (Å²) < 4.78 is 2.39. The fourth-order valence-corrected chi connectivity index (χ4v) is 4.42. The Morgan fingerprint density at radius 1 is 1.39 bits per heavy atom. The molecule has 3 heterocycles. The quantitative estimate of drug-likeness (QED) is 0.911. The maximum Gasteiger partial charge on any atom is 0.0949 e.